The van der Waals surface area contributed by atoms with Crippen LogP contribution >= 0.6 is 0 Å². The number of carbonyl (C=O) groups excluding carboxylic acids is 2. The molecule has 0 saturated heterocycles. The van der Waals surface area contributed by atoms with Crippen molar-refractivity contribution < 1.29 is 19.5 Å². The van der Waals surface area contributed by atoms with Crippen molar-refractivity contribution in [3.05, 3.63) is 18.2 Å². The molecule has 1 heterocycles. The van der Waals surface area contributed by atoms with E-state index in [9.17, 15) is 19.5 Å². The zero-order valence-electron chi connectivity index (χ0n) is 15.8. The van der Waals surface area contributed by atoms with Crippen LogP contribution in [0.15, 0.2) is 12.5 Å². The van der Waals surface area contributed by atoms with Gasteiger partial charge in [0, 0.05) is 18.3 Å². The second kappa shape index (κ2) is 11.3. The molecule has 2 amide bonds. The molecule has 10 heteroatoms. The number of hydrogen-bond acceptors (Lipinski definition) is 6. The second-order valence-corrected chi connectivity index (χ2v) is 6.80. The first-order valence-corrected chi connectivity index (χ1v) is 9.02. The number of hydrogen-bond donors (Lipinski definition) is 6. The fraction of sp³-hybridized carbons (Fsp3) is 0.647. The lowest BCUT2D eigenvalue weighted by molar-refractivity contribution is -0.143. The molecule has 0 spiro atoms. The molecule has 27 heavy (non-hydrogen) atoms. The number of aromatic amines is 1. The topological polar surface area (TPSA) is 176 Å². The Hall–Kier alpha value is -2.46. The maximum Gasteiger partial charge on any atom is 0.326 e. The highest BCUT2D eigenvalue weighted by molar-refractivity contribution is 5.92. The van der Waals surface area contributed by atoms with E-state index in [0.717, 1.165) is 6.42 Å². The van der Waals surface area contributed by atoms with Crippen LogP contribution in [0.3, 0.4) is 0 Å². The number of rotatable bonds is 12. The van der Waals surface area contributed by atoms with E-state index in [1.54, 1.807) is 13.8 Å². The van der Waals surface area contributed by atoms with Crippen LogP contribution in [0, 0.1) is 5.92 Å². The van der Waals surface area contributed by atoms with Crippen LogP contribution < -0.4 is 22.1 Å². The van der Waals surface area contributed by atoms with Gasteiger partial charge in [0.05, 0.1) is 12.4 Å². The van der Waals surface area contributed by atoms with E-state index < -0.39 is 35.9 Å². The van der Waals surface area contributed by atoms with Gasteiger partial charge >= 0.3 is 5.97 Å². The third-order valence-corrected chi connectivity index (χ3v) is 4.15. The molecule has 152 valence electrons. The number of nitrogens with one attached hydrogen (secondary N) is 3. The van der Waals surface area contributed by atoms with Gasteiger partial charge < -0.3 is 32.2 Å². The number of imidazole rings is 1. The molecule has 1 aromatic heterocycles. The van der Waals surface area contributed by atoms with Crippen LogP contribution in [-0.2, 0) is 20.8 Å². The highest BCUT2D eigenvalue weighted by atomic mass is 16.4. The maximum absolute atomic E-state index is 12.6. The minimum atomic E-state index is -1.14. The van der Waals surface area contributed by atoms with Crippen molar-refractivity contribution in [3.63, 3.8) is 0 Å². The van der Waals surface area contributed by atoms with Crippen molar-refractivity contribution in [2.75, 3.05) is 6.54 Å². The maximum atomic E-state index is 12.6. The Bertz CT molecular complexity index is 605. The predicted molar refractivity (Wildman–Crippen MR) is 99.5 cm³/mol. The van der Waals surface area contributed by atoms with E-state index in [0.29, 0.717) is 25.1 Å². The van der Waals surface area contributed by atoms with Crippen molar-refractivity contribution in [2.45, 2.75) is 57.7 Å². The number of carboxylic acid groups (broad SMARTS) is 1. The highest BCUT2D eigenvalue weighted by Gasteiger charge is 2.29. The number of amides is 2. The van der Waals surface area contributed by atoms with E-state index in [1.165, 1.54) is 12.5 Å². The van der Waals surface area contributed by atoms with Gasteiger partial charge in [-0.15, -0.1) is 0 Å². The molecule has 0 fully saturated rings. The Balaban J connectivity index is 2.81. The largest absolute Gasteiger partial charge is 0.480 e. The molecule has 0 bridgehead atoms. The van der Waals surface area contributed by atoms with E-state index in [4.69, 9.17) is 11.5 Å². The Morgan fingerprint density at radius 2 is 1.93 bits per heavy atom. The lowest BCUT2D eigenvalue weighted by Crippen LogP contribution is -2.56. The van der Waals surface area contributed by atoms with Crippen LogP contribution in [0.4, 0.5) is 0 Å². The first-order valence-electron chi connectivity index (χ1n) is 9.02. The molecule has 0 aliphatic heterocycles. The molecule has 10 nitrogen and oxygen atoms in total. The summed E-state index contributed by atoms with van der Waals surface area (Å²) in [5.41, 5.74) is 11.9. The third kappa shape index (κ3) is 7.75. The molecular weight excluding hydrogens is 352 g/mol. The summed E-state index contributed by atoms with van der Waals surface area (Å²) < 4.78 is 0. The number of carboxylic acids is 1. The van der Waals surface area contributed by atoms with Gasteiger partial charge in [0.1, 0.15) is 12.1 Å². The fourth-order valence-corrected chi connectivity index (χ4v) is 2.51. The first-order chi connectivity index (χ1) is 12.8. The number of aliphatic carboxylic acids is 1. The molecule has 0 aliphatic carbocycles. The summed E-state index contributed by atoms with van der Waals surface area (Å²) in [7, 11) is 0. The van der Waals surface area contributed by atoms with E-state index in [1.807, 2.05) is 0 Å². The average molecular weight is 382 g/mol. The van der Waals surface area contributed by atoms with Gasteiger partial charge in [0.15, 0.2) is 0 Å². The van der Waals surface area contributed by atoms with E-state index in [-0.39, 0.29) is 12.3 Å². The monoisotopic (exact) mass is 382 g/mol. The molecule has 3 atom stereocenters. The molecule has 0 radical (unpaired) electrons. The van der Waals surface area contributed by atoms with Crippen LogP contribution in [0.1, 0.15) is 38.8 Å². The molecule has 0 unspecified atom stereocenters. The predicted octanol–water partition coefficient (Wildman–Crippen LogP) is -0.881. The van der Waals surface area contributed by atoms with E-state index in [2.05, 4.69) is 20.6 Å². The minimum absolute atomic E-state index is 0.136. The summed E-state index contributed by atoms with van der Waals surface area (Å²) in [4.78, 5) is 43.1. The second-order valence-electron chi connectivity index (χ2n) is 6.80. The van der Waals surface area contributed by atoms with Gasteiger partial charge in [-0.25, -0.2) is 9.78 Å². The van der Waals surface area contributed by atoms with Gasteiger partial charge in [0.2, 0.25) is 11.8 Å². The van der Waals surface area contributed by atoms with Crippen LogP contribution in [0.25, 0.3) is 0 Å². The third-order valence-electron chi connectivity index (χ3n) is 4.15. The minimum Gasteiger partial charge on any atom is -0.480 e. The summed E-state index contributed by atoms with van der Waals surface area (Å²) in [6, 6.07) is -2.80. The van der Waals surface area contributed by atoms with Crippen molar-refractivity contribution in [2.24, 2.45) is 17.4 Å². The standard InChI is InChI=1S/C17H30N6O4/c1-10(2)14(17(26)27)23-16(25)13(7-11-8-20-9-21-11)22-15(24)12(19)5-3-4-6-18/h8-10,12-14H,3-7,18-19H2,1-2H3,(H,20,21)(H,22,24)(H,23,25)(H,26,27)/t12-,13-,14-/m0/s1. The van der Waals surface area contributed by atoms with Crippen LogP contribution in [-0.4, -0.2) is 57.5 Å². The van der Waals surface area contributed by atoms with Crippen molar-refractivity contribution in [1.82, 2.24) is 20.6 Å². The number of carbonyl (C=O) groups is 3. The summed E-state index contributed by atoms with van der Waals surface area (Å²) in [6.07, 6.45) is 5.04. The molecular formula is C17H30N6O4. The van der Waals surface area contributed by atoms with Crippen LogP contribution in [0.5, 0.6) is 0 Å². The number of nitrogens with two attached hydrogens (primary N) is 2. The summed E-state index contributed by atoms with van der Waals surface area (Å²) in [5, 5.41) is 14.4. The van der Waals surface area contributed by atoms with Crippen molar-refractivity contribution in [1.29, 1.82) is 0 Å². The van der Waals surface area contributed by atoms with Crippen molar-refractivity contribution in [3.8, 4) is 0 Å². The Labute approximate surface area is 158 Å². The molecule has 8 N–H and O–H groups in total. The van der Waals surface area contributed by atoms with Gasteiger partial charge in [0.25, 0.3) is 0 Å². The SMILES string of the molecule is CC(C)[C@H](NC(=O)[C@H](Cc1cnc[nH]1)NC(=O)[C@@H](N)CCCCN)C(=O)O. The lowest BCUT2D eigenvalue weighted by atomic mass is 10.0. The smallest absolute Gasteiger partial charge is 0.326 e. The summed E-state index contributed by atoms with van der Waals surface area (Å²) >= 11 is 0. The number of aromatic nitrogens is 2. The van der Waals surface area contributed by atoms with Gasteiger partial charge in [-0.1, -0.05) is 20.3 Å². The Morgan fingerprint density at radius 1 is 1.22 bits per heavy atom. The lowest BCUT2D eigenvalue weighted by Gasteiger charge is -2.24. The fourth-order valence-electron chi connectivity index (χ4n) is 2.51. The van der Waals surface area contributed by atoms with Gasteiger partial charge in [-0.3, -0.25) is 9.59 Å². The number of unbranched alkanes of at least 4 members (excludes halogenated alkanes) is 1. The van der Waals surface area contributed by atoms with Gasteiger partial charge in [-0.05, 0) is 25.3 Å². The van der Waals surface area contributed by atoms with Gasteiger partial charge in [-0.2, -0.15) is 0 Å². The molecule has 0 aromatic carbocycles. The molecule has 1 rings (SSSR count). The normalized spacial score (nSPS) is 14.4. The number of nitrogens with zero attached hydrogens (tertiary/aromatic N) is 1. The Kier molecular flexibility index (Phi) is 9.45. The zero-order chi connectivity index (χ0) is 20.4. The Morgan fingerprint density at radius 3 is 2.44 bits per heavy atom. The van der Waals surface area contributed by atoms with E-state index >= 15 is 0 Å². The summed E-state index contributed by atoms with van der Waals surface area (Å²) in [6.45, 7) is 3.90. The van der Waals surface area contributed by atoms with Crippen LogP contribution in [0.2, 0.25) is 0 Å². The number of H-pyrrole nitrogens is 1. The first kappa shape index (κ1) is 22.6. The zero-order valence-corrected chi connectivity index (χ0v) is 15.8. The molecule has 1 aromatic rings. The quantitative estimate of drug-likeness (QED) is 0.254. The molecule has 0 aliphatic rings. The van der Waals surface area contributed by atoms with Crippen molar-refractivity contribution >= 4 is 17.8 Å². The molecule has 0 saturated carbocycles. The average Bonchev–Trinajstić information content (AvgIpc) is 3.11. The highest BCUT2D eigenvalue weighted by Crippen LogP contribution is 2.06. The summed E-state index contributed by atoms with van der Waals surface area (Å²) in [5.74, 6) is -2.51.